The first kappa shape index (κ1) is 14.3. The average Bonchev–Trinajstić information content (AvgIpc) is 2.99. The highest BCUT2D eigenvalue weighted by Gasteiger charge is 2.38. The third kappa shape index (κ3) is 4.52. The molecule has 2 fully saturated rings. The Labute approximate surface area is 112 Å². The Bertz CT molecular complexity index is 223. The van der Waals surface area contributed by atoms with Gasteiger partial charge in [-0.2, -0.15) is 0 Å². The van der Waals surface area contributed by atoms with Gasteiger partial charge in [0.15, 0.2) is 0 Å². The first-order valence-corrected chi connectivity index (χ1v) is 7.80. The van der Waals surface area contributed by atoms with Gasteiger partial charge in [0, 0.05) is 13.7 Å². The van der Waals surface area contributed by atoms with Gasteiger partial charge in [0.05, 0.1) is 6.61 Å². The lowest BCUT2D eigenvalue weighted by Crippen LogP contribution is -2.26. The van der Waals surface area contributed by atoms with Crippen LogP contribution >= 0.6 is 0 Å². The van der Waals surface area contributed by atoms with Crippen LogP contribution in [0.15, 0.2) is 0 Å². The Balaban J connectivity index is 1.36. The van der Waals surface area contributed by atoms with Crippen molar-refractivity contribution in [1.82, 2.24) is 10.6 Å². The van der Waals surface area contributed by atoms with E-state index < -0.39 is 0 Å². The van der Waals surface area contributed by atoms with E-state index in [9.17, 15) is 0 Å². The number of hydrogen-bond donors (Lipinski definition) is 2. The fraction of sp³-hybridized carbons (Fsp3) is 1.00. The second-order valence-electron chi connectivity index (χ2n) is 6.07. The number of ether oxygens (including phenoxy) is 1. The van der Waals surface area contributed by atoms with Crippen molar-refractivity contribution in [3.8, 4) is 0 Å². The lowest BCUT2D eigenvalue weighted by molar-refractivity contribution is 0.199. The molecule has 3 atom stereocenters. The molecule has 0 radical (unpaired) electrons. The maximum atomic E-state index is 4.99. The normalized spacial score (nSPS) is 30.2. The van der Waals surface area contributed by atoms with Crippen LogP contribution in [0, 0.1) is 17.8 Å². The molecular weight excluding hydrogens is 224 g/mol. The summed E-state index contributed by atoms with van der Waals surface area (Å²) >= 11 is 0. The first-order valence-electron chi connectivity index (χ1n) is 7.80. The summed E-state index contributed by atoms with van der Waals surface area (Å²) in [6.07, 6.45) is 8.78. The third-order valence-corrected chi connectivity index (χ3v) is 4.77. The van der Waals surface area contributed by atoms with E-state index in [1.807, 2.05) is 0 Å². The fourth-order valence-electron chi connectivity index (χ4n) is 3.78. The molecule has 0 aromatic carbocycles. The van der Waals surface area contributed by atoms with Gasteiger partial charge in [-0.15, -0.1) is 0 Å². The fourth-order valence-corrected chi connectivity index (χ4v) is 3.78. The molecule has 18 heavy (non-hydrogen) atoms. The van der Waals surface area contributed by atoms with Gasteiger partial charge in [-0.05, 0) is 69.5 Å². The molecule has 3 nitrogen and oxygen atoms in total. The lowest BCUT2D eigenvalue weighted by Gasteiger charge is -2.21. The van der Waals surface area contributed by atoms with Gasteiger partial charge in [0.1, 0.15) is 0 Å². The van der Waals surface area contributed by atoms with Crippen LogP contribution in [0.25, 0.3) is 0 Å². The minimum atomic E-state index is 0.817. The Kier molecular flexibility index (Phi) is 6.46. The number of methoxy groups -OCH3 is 1. The summed E-state index contributed by atoms with van der Waals surface area (Å²) in [5, 5.41) is 6.97. The first-order chi connectivity index (χ1) is 8.90. The van der Waals surface area contributed by atoms with Crippen LogP contribution in [0.3, 0.4) is 0 Å². The van der Waals surface area contributed by atoms with Crippen molar-refractivity contribution in [2.75, 3.05) is 39.9 Å². The van der Waals surface area contributed by atoms with E-state index in [1.165, 1.54) is 38.6 Å². The zero-order valence-corrected chi connectivity index (χ0v) is 11.9. The Morgan fingerprint density at radius 2 is 1.83 bits per heavy atom. The Morgan fingerprint density at radius 3 is 2.50 bits per heavy atom. The number of hydrogen-bond acceptors (Lipinski definition) is 3. The molecule has 2 bridgehead atoms. The van der Waals surface area contributed by atoms with Crippen molar-refractivity contribution in [2.45, 2.75) is 38.5 Å². The van der Waals surface area contributed by atoms with Crippen LogP contribution in [0.1, 0.15) is 38.5 Å². The number of fused-ring (bicyclic) bond motifs is 2. The second kappa shape index (κ2) is 8.13. The minimum Gasteiger partial charge on any atom is -0.383 e. The predicted molar refractivity (Wildman–Crippen MR) is 75.8 cm³/mol. The van der Waals surface area contributed by atoms with E-state index >= 15 is 0 Å². The van der Waals surface area contributed by atoms with E-state index in [0.717, 1.165) is 44.0 Å². The molecule has 2 aliphatic rings. The van der Waals surface area contributed by atoms with Crippen molar-refractivity contribution >= 4 is 0 Å². The van der Waals surface area contributed by atoms with Crippen molar-refractivity contribution in [1.29, 1.82) is 0 Å². The highest BCUT2D eigenvalue weighted by molar-refractivity contribution is 4.89. The molecule has 0 saturated heterocycles. The van der Waals surface area contributed by atoms with E-state index in [-0.39, 0.29) is 0 Å². The molecule has 0 aromatic rings. The molecule has 0 heterocycles. The van der Waals surface area contributed by atoms with Crippen LogP contribution in [-0.4, -0.2) is 39.9 Å². The van der Waals surface area contributed by atoms with E-state index in [4.69, 9.17) is 4.74 Å². The Morgan fingerprint density at radius 1 is 1.00 bits per heavy atom. The van der Waals surface area contributed by atoms with Crippen LogP contribution < -0.4 is 10.6 Å². The minimum absolute atomic E-state index is 0.817. The van der Waals surface area contributed by atoms with Gasteiger partial charge in [0.25, 0.3) is 0 Å². The SMILES string of the molecule is COCCNCCCNCCC1CC2CCC1C2. The van der Waals surface area contributed by atoms with Gasteiger partial charge >= 0.3 is 0 Å². The van der Waals surface area contributed by atoms with Crippen molar-refractivity contribution in [3.05, 3.63) is 0 Å². The molecular formula is C15H30N2O. The zero-order valence-electron chi connectivity index (χ0n) is 11.9. The summed E-state index contributed by atoms with van der Waals surface area (Å²) in [5.74, 6) is 3.24. The standard InChI is InChI=1S/C15H30N2O/c1-18-10-9-17-7-2-6-16-8-5-15-12-13-3-4-14(15)11-13/h13-17H,2-12H2,1H3. The van der Waals surface area contributed by atoms with Crippen LogP contribution in [0.4, 0.5) is 0 Å². The molecule has 0 amide bonds. The largest absolute Gasteiger partial charge is 0.383 e. The smallest absolute Gasteiger partial charge is 0.0587 e. The number of nitrogens with one attached hydrogen (secondary N) is 2. The van der Waals surface area contributed by atoms with E-state index in [1.54, 1.807) is 13.5 Å². The summed E-state index contributed by atoms with van der Waals surface area (Å²) in [6, 6.07) is 0. The molecule has 2 rings (SSSR count). The van der Waals surface area contributed by atoms with Crippen molar-refractivity contribution in [2.24, 2.45) is 17.8 Å². The molecule has 0 spiro atoms. The molecule has 0 aliphatic heterocycles. The summed E-state index contributed by atoms with van der Waals surface area (Å²) < 4.78 is 4.99. The topological polar surface area (TPSA) is 33.3 Å². The maximum Gasteiger partial charge on any atom is 0.0587 e. The molecule has 2 aliphatic carbocycles. The van der Waals surface area contributed by atoms with Gasteiger partial charge in [-0.3, -0.25) is 0 Å². The summed E-state index contributed by atoms with van der Waals surface area (Å²) in [5.41, 5.74) is 0. The zero-order chi connectivity index (χ0) is 12.6. The van der Waals surface area contributed by atoms with Gasteiger partial charge in [-0.1, -0.05) is 6.42 Å². The van der Waals surface area contributed by atoms with Crippen LogP contribution in [0.2, 0.25) is 0 Å². The molecule has 0 aromatic heterocycles. The number of rotatable bonds is 10. The van der Waals surface area contributed by atoms with Gasteiger partial charge in [-0.25, -0.2) is 0 Å². The third-order valence-electron chi connectivity index (χ3n) is 4.77. The average molecular weight is 254 g/mol. The lowest BCUT2D eigenvalue weighted by atomic mass is 9.86. The molecule has 2 saturated carbocycles. The van der Waals surface area contributed by atoms with Crippen LogP contribution in [-0.2, 0) is 4.74 Å². The molecule has 2 N–H and O–H groups in total. The predicted octanol–water partition coefficient (Wildman–Crippen LogP) is 2.03. The molecule has 3 heteroatoms. The van der Waals surface area contributed by atoms with E-state index in [2.05, 4.69) is 10.6 Å². The summed E-state index contributed by atoms with van der Waals surface area (Å²) in [7, 11) is 1.75. The highest BCUT2D eigenvalue weighted by atomic mass is 16.5. The monoisotopic (exact) mass is 254 g/mol. The van der Waals surface area contributed by atoms with E-state index in [0.29, 0.717) is 0 Å². The van der Waals surface area contributed by atoms with Crippen LogP contribution in [0.5, 0.6) is 0 Å². The molecule has 106 valence electrons. The maximum absolute atomic E-state index is 4.99. The van der Waals surface area contributed by atoms with Crippen molar-refractivity contribution < 1.29 is 4.74 Å². The van der Waals surface area contributed by atoms with Gasteiger partial charge in [0.2, 0.25) is 0 Å². The Hall–Kier alpha value is -0.120. The summed E-state index contributed by atoms with van der Waals surface area (Å²) in [4.78, 5) is 0. The summed E-state index contributed by atoms with van der Waals surface area (Å²) in [6.45, 7) is 5.27. The van der Waals surface area contributed by atoms with Crippen molar-refractivity contribution in [3.63, 3.8) is 0 Å². The van der Waals surface area contributed by atoms with Gasteiger partial charge < -0.3 is 15.4 Å². The second-order valence-corrected chi connectivity index (χ2v) is 6.07. The highest BCUT2D eigenvalue weighted by Crippen LogP contribution is 2.49. The quantitative estimate of drug-likeness (QED) is 0.585. The molecule has 3 unspecified atom stereocenters.